The number of amides is 1. The topological polar surface area (TPSA) is 46.9 Å². The summed E-state index contributed by atoms with van der Waals surface area (Å²) >= 11 is 0. The maximum atomic E-state index is 12.8. The molecule has 0 bridgehead atoms. The van der Waals surface area contributed by atoms with Gasteiger partial charge in [-0.3, -0.25) is 4.79 Å². The van der Waals surface area contributed by atoms with Gasteiger partial charge in [-0.25, -0.2) is 4.98 Å². The van der Waals surface area contributed by atoms with Crippen LogP contribution in [-0.2, 0) is 7.05 Å². The molecule has 0 atom stereocenters. The maximum absolute atomic E-state index is 12.8. The van der Waals surface area contributed by atoms with Gasteiger partial charge in [0.15, 0.2) is 5.82 Å². The molecule has 0 unspecified atom stereocenters. The Morgan fingerprint density at radius 1 is 0.926 bits per heavy atom. The molecular weight excluding hydrogens is 334 g/mol. The van der Waals surface area contributed by atoms with Gasteiger partial charge in [0.05, 0.1) is 11.4 Å². The number of nitrogens with zero attached hydrogens (tertiary/aromatic N) is 2. The summed E-state index contributed by atoms with van der Waals surface area (Å²) in [6.45, 7) is 10.0. The van der Waals surface area contributed by atoms with E-state index in [0.29, 0.717) is 5.82 Å². The minimum absolute atomic E-state index is 0. The summed E-state index contributed by atoms with van der Waals surface area (Å²) in [4.78, 5) is 17.6. The van der Waals surface area contributed by atoms with Crippen LogP contribution >= 0.6 is 0 Å². The average molecular weight is 364 g/mol. The molecule has 0 aliphatic heterocycles. The molecule has 0 aliphatic carbocycles. The molecule has 0 radical (unpaired) electrons. The second-order valence-electron chi connectivity index (χ2n) is 8.13. The van der Waals surface area contributed by atoms with E-state index >= 15 is 0 Å². The Labute approximate surface area is 162 Å². The number of carbonyl (C=O) groups excluding carboxylic acids is 1. The van der Waals surface area contributed by atoms with Crippen molar-refractivity contribution in [3.63, 3.8) is 0 Å². The smallest absolute Gasteiger partial charge is 0.287 e. The summed E-state index contributed by atoms with van der Waals surface area (Å²) in [6.07, 6.45) is 0. The van der Waals surface area contributed by atoms with E-state index in [1.165, 1.54) is 11.1 Å². The lowest BCUT2D eigenvalue weighted by Gasteiger charge is -2.20. The Morgan fingerprint density at radius 2 is 1.41 bits per heavy atom. The van der Waals surface area contributed by atoms with Gasteiger partial charge in [-0.1, -0.05) is 59.7 Å². The molecule has 3 aromatic rings. The highest BCUT2D eigenvalue weighted by Crippen LogP contribution is 2.32. The predicted molar refractivity (Wildman–Crippen MR) is 113 cm³/mol. The van der Waals surface area contributed by atoms with Gasteiger partial charge >= 0.3 is 0 Å². The summed E-state index contributed by atoms with van der Waals surface area (Å²) in [7, 11) is 1.90. The van der Waals surface area contributed by atoms with Crippen LogP contribution in [0.2, 0.25) is 0 Å². The SMILES string of the molecule is Cc1ccc(-c2nc(C(=O)NC(C)(C)C)n(C)c2-c2ccc(C)cc2)cc1.[HH]. The van der Waals surface area contributed by atoms with Crippen molar-refractivity contribution in [2.45, 2.75) is 40.2 Å². The molecule has 1 aromatic heterocycles. The number of rotatable bonds is 3. The zero-order valence-electron chi connectivity index (χ0n) is 16.9. The van der Waals surface area contributed by atoms with Crippen LogP contribution < -0.4 is 5.32 Å². The largest absolute Gasteiger partial charge is 0.345 e. The van der Waals surface area contributed by atoms with Crippen LogP contribution in [0.1, 0.15) is 43.9 Å². The molecule has 4 nitrogen and oxygen atoms in total. The molecule has 3 rings (SSSR count). The van der Waals surface area contributed by atoms with E-state index in [9.17, 15) is 4.79 Å². The van der Waals surface area contributed by atoms with Crippen LogP contribution in [0.15, 0.2) is 48.5 Å². The lowest BCUT2D eigenvalue weighted by atomic mass is 10.0. The van der Waals surface area contributed by atoms with Gasteiger partial charge < -0.3 is 9.88 Å². The van der Waals surface area contributed by atoms with Crippen LogP contribution in [0.25, 0.3) is 22.5 Å². The van der Waals surface area contributed by atoms with Crippen molar-refractivity contribution in [3.8, 4) is 22.5 Å². The van der Waals surface area contributed by atoms with E-state index in [1.54, 1.807) is 0 Å². The van der Waals surface area contributed by atoms with Gasteiger partial charge in [0.25, 0.3) is 5.91 Å². The molecule has 1 N–H and O–H groups in total. The van der Waals surface area contributed by atoms with Crippen molar-refractivity contribution in [2.75, 3.05) is 0 Å². The third kappa shape index (κ3) is 4.11. The number of benzene rings is 2. The van der Waals surface area contributed by atoms with Gasteiger partial charge in [0.1, 0.15) is 0 Å². The molecule has 27 heavy (non-hydrogen) atoms. The van der Waals surface area contributed by atoms with Crippen molar-refractivity contribution in [1.29, 1.82) is 0 Å². The average Bonchev–Trinajstić information content (AvgIpc) is 2.92. The second kappa shape index (κ2) is 7.03. The van der Waals surface area contributed by atoms with E-state index in [2.05, 4.69) is 67.7 Å². The highest BCUT2D eigenvalue weighted by molar-refractivity contribution is 5.94. The van der Waals surface area contributed by atoms with E-state index in [4.69, 9.17) is 4.98 Å². The Hall–Kier alpha value is -2.88. The number of imidazole rings is 1. The Bertz CT molecular complexity index is 965. The second-order valence-corrected chi connectivity index (χ2v) is 8.13. The zero-order chi connectivity index (χ0) is 19.8. The van der Waals surface area contributed by atoms with Crippen molar-refractivity contribution in [1.82, 2.24) is 14.9 Å². The molecule has 2 aromatic carbocycles. The van der Waals surface area contributed by atoms with Crippen molar-refractivity contribution in [3.05, 3.63) is 65.5 Å². The third-order valence-corrected chi connectivity index (χ3v) is 4.44. The zero-order valence-corrected chi connectivity index (χ0v) is 16.9. The minimum atomic E-state index is -0.322. The first-order valence-corrected chi connectivity index (χ1v) is 9.19. The normalized spacial score (nSPS) is 11.5. The predicted octanol–water partition coefficient (Wildman–Crippen LogP) is 5.15. The standard InChI is InChI=1S/C23H27N3O.H2/c1-15-7-11-17(12-8-15)19-20(18-13-9-16(2)10-14-18)26(6)21(24-19)22(27)25-23(3,4)5;/h7-14H,1-6H3,(H,25,27);1H. The van der Waals surface area contributed by atoms with Crippen molar-refractivity contribution in [2.24, 2.45) is 7.05 Å². The van der Waals surface area contributed by atoms with Gasteiger partial charge in [-0.2, -0.15) is 0 Å². The highest BCUT2D eigenvalue weighted by atomic mass is 16.2. The molecule has 1 amide bonds. The van der Waals surface area contributed by atoms with Crippen LogP contribution in [0, 0.1) is 13.8 Å². The quantitative estimate of drug-likeness (QED) is 0.700. The molecule has 1 heterocycles. The number of aromatic nitrogens is 2. The number of hydrogen-bond donors (Lipinski definition) is 1. The number of carbonyl (C=O) groups is 1. The number of nitrogens with one attached hydrogen (secondary N) is 1. The van der Waals surface area contributed by atoms with Crippen LogP contribution in [-0.4, -0.2) is 21.0 Å². The molecule has 142 valence electrons. The maximum Gasteiger partial charge on any atom is 0.287 e. The first-order chi connectivity index (χ1) is 12.7. The van der Waals surface area contributed by atoms with Crippen molar-refractivity contribution >= 4 is 5.91 Å². The minimum Gasteiger partial charge on any atom is -0.345 e. The van der Waals surface area contributed by atoms with Gasteiger partial charge in [-0.05, 0) is 34.6 Å². The van der Waals surface area contributed by atoms with Crippen LogP contribution in [0.4, 0.5) is 0 Å². The fourth-order valence-electron chi connectivity index (χ4n) is 3.05. The molecule has 0 saturated carbocycles. The lowest BCUT2D eigenvalue weighted by Crippen LogP contribution is -2.41. The van der Waals surface area contributed by atoms with Gasteiger partial charge in [0.2, 0.25) is 0 Å². The molecular formula is C23H29N3O. The third-order valence-electron chi connectivity index (χ3n) is 4.44. The lowest BCUT2D eigenvalue weighted by molar-refractivity contribution is 0.0906. The van der Waals surface area contributed by atoms with Gasteiger partial charge in [-0.15, -0.1) is 0 Å². The van der Waals surface area contributed by atoms with E-state index < -0.39 is 0 Å². The Balaban J connectivity index is 0.00000280. The van der Waals surface area contributed by atoms with E-state index in [0.717, 1.165) is 22.5 Å². The summed E-state index contributed by atoms with van der Waals surface area (Å²) in [5.41, 5.74) is 5.87. The highest BCUT2D eigenvalue weighted by Gasteiger charge is 2.24. The van der Waals surface area contributed by atoms with Crippen molar-refractivity contribution < 1.29 is 6.22 Å². The van der Waals surface area contributed by atoms with E-state index in [1.807, 2.05) is 32.4 Å². The number of hydrogen-bond acceptors (Lipinski definition) is 2. The van der Waals surface area contributed by atoms with Gasteiger partial charge in [0, 0.05) is 25.1 Å². The summed E-state index contributed by atoms with van der Waals surface area (Å²) in [5, 5.41) is 3.02. The molecule has 4 heteroatoms. The molecule has 0 fully saturated rings. The molecule has 0 spiro atoms. The molecule has 0 aliphatic rings. The monoisotopic (exact) mass is 363 g/mol. The van der Waals surface area contributed by atoms with Crippen LogP contribution in [0.5, 0.6) is 0 Å². The fraction of sp³-hybridized carbons (Fsp3) is 0.304. The summed E-state index contributed by atoms with van der Waals surface area (Å²) in [5.74, 6) is 0.243. The number of aryl methyl sites for hydroxylation is 2. The first kappa shape index (κ1) is 18.9. The first-order valence-electron chi connectivity index (χ1n) is 9.19. The fourth-order valence-corrected chi connectivity index (χ4v) is 3.05. The Kier molecular flexibility index (Phi) is 4.92. The Morgan fingerprint density at radius 3 is 1.89 bits per heavy atom. The van der Waals surface area contributed by atoms with E-state index in [-0.39, 0.29) is 12.9 Å². The molecule has 0 saturated heterocycles. The van der Waals surface area contributed by atoms with Crippen LogP contribution in [0.3, 0.4) is 0 Å². The summed E-state index contributed by atoms with van der Waals surface area (Å²) in [6, 6.07) is 16.6. The summed E-state index contributed by atoms with van der Waals surface area (Å²) < 4.78 is 1.89.